The summed E-state index contributed by atoms with van der Waals surface area (Å²) in [6, 6.07) is 7.86. The van der Waals surface area contributed by atoms with Gasteiger partial charge in [-0.3, -0.25) is 9.59 Å². The van der Waals surface area contributed by atoms with Gasteiger partial charge < -0.3 is 14.7 Å². The zero-order valence-corrected chi connectivity index (χ0v) is 15.3. The third-order valence-electron chi connectivity index (χ3n) is 5.27. The molecule has 3 rings (SSSR count). The van der Waals surface area contributed by atoms with Gasteiger partial charge in [0.1, 0.15) is 5.41 Å². The number of halogens is 1. The minimum absolute atomic E-state index is 0.0574. The van der Waals surface area contributed by atoms with E-state index in [1.807, 2.05) is 24.3 Å². The van der Waals surface area contributed by atoms with Gasteiger partial charge >= 0.3 is 5.97 Å². The number of carboxylic acids is 1. The Kier molecular flexibility index (Phi) is 4.71. The molecule has 0 bridgehead atoms. The van der Waals surface area contributed by atoms with Gasteiger partial charge in [0.25, 0.3) is 0 Å². The number of ether oxygens (including phenoxy) is 1. The van der Waals surface area contributed by atoms with Crippen molar-refractivity contribution in [3.8, 4) is 0 Å². The van der Waals surface area contributed by atoms with Crippen molar-refractivity contribution in [3.63, 3.8) is 0 Å². The van der Waals surface area contributed by atoms with Crippen LogP contribution in [0.5, 0.6) is 0 Å². The number of carbonyl (C=O) groups excluding carboxylic acids is 1. The van der Waals surface area contributed by atoms with Crippen LogP contribution in [0.3, 0.4) is 0 Å². The summed E-state index contributed by atoms with van der Waals surface area (Å²) in [6.45, 7) is 0.980. The highest BCUT2D eigenvalue weighted by Crippen LogP contribution is 2.50. The minimum Gasteiger partial charge on any atom is -0.481 e. The SMILES string of the molecule is COCC1(C(=O)O)CCCN(C(=O)C2(c3cccc(Br)c3)CC2)C1. The molecular weight excluding hydrogens is 374 g/mol. The van der Waals surface area contributed by atoms with E-state index in [1.54, 1.807) is 4.90 Å². The molecule has 5 nitrogen and oxygen atoms in total. The summed E-state index contributed by atoms with van der Waals surface area (Å²) in [4.78, 5) is 26.7. The second-order valence-electron chi connectivity index (χ2n) is 6.94. The molecule has 0 aromatic heterocycles. The maximum atomic E-state index is 13.2. The van der Waals surface area contributed by atoms with Crippen LogP contribution in [-0.4, -0.2) is 48.7 Å². The molecule has 1 unspecified atom stereocenters. The highest BCUT2D eigenvalue weighted by molar-refractivity contribution is 9.10. The number of aliphatic carboxylic acids is 1. The maximum Gasteiger partial charge on any atom is 0.313 e. The molecule has 130 valence electrons. The Morgan fingerprint density at radius 1 is 1.33 bits per heavy atom. The van der Waals surface area contributed by atoms with E-state index in [2.05, 4.69) is 15.9 Å². The van der Waals surface area contributed by atoms with Crippen molar-refractivity contribution in [2.45, 2.75) is 31.1 Å². The number of methoxy groups -OCH3 is 1. The van der Waals surface area contributed by atoms with Crippen molar-refractivity contribution >= 4 is 27.8 Å². The Morgan fingerprint density at radius 2 is 2.08 bits per heavy atom. The molecule has 1 heterocycles. The summed E-state index contributed by atoms with van der Waals surface area (Å²) in [5.74, 6) is -0.823. The number of piperidine rings is 1. The highest BCUT2D eigenvalue weighted by atomic mass is 79.9. The average Bonchev–Trinajstić information content (AvgIpc) is 3.36. The topological polar surface area (TPSA) is 66.8 Å². The quantitative estimate of drug-likeness (QED) is 0.831. The number of nitrogens with zero attached hydrogens (tertiary/aromatic N) is 1. The van der Waals surface area contributed by atoms with Gasteiger partial charge in [-0.1, -0.05) is 28.1 Å². The maximum absolute atomic E-state index is 13.2. The van der Waals surface area contributed by atoms with Gasteiger partial charge in [0.2, 0.25) is 5.91 Å². The van der Waals surface area contributed by atoms with Gasteiger partial charge in [-0.2, -0.15) is 0 Å². The predicted molar refractivity (Wildman–Crippen MR) is 92.8 cm³/mol. The molecule has 1 saturated heterocycles. The standard InChI is InChI=1S/C18H22BrNO4/c1-24-12-17(16(22)23)6-3-9-20(11-17)15(21)18(7-8-18)13-4-2-5-14(19)10-13/h2,4-5,10H,3,6-9,11-12H2,1H3,(H,22,23). The lowest BCUT2D eigenvalue weighted by Crippen LogP contribution is -2.54. The minimum atomic E-state index is -0.990. The largest absolute Gasteiger partial charge is 0.481 e. The molecule has 2 fully saturated rings. The number of rotatable bonds is 5. The zero-order valence-electron chi connectivity index (χ0n) is 13.8. The molecule has 1 N–H and O–H groups in total. The van der Waals surface area contributed by atoms with Gasteiger partial charge in [0, 0.05) is 24.7 Å². The number of hydrogen-bond acceptors (Lipinski definition) is 3. The number of likely N-dealkylation sites (tertiary alicyclic amines) is 1. The molecule has 0 radical (unpaired) electrons. The second-order valence-corrected chi connectivity index (χ2v) is 7.86. The van der Waals surface area contributed by atoms with Crippen LogP contribution in [0.2, 0.25) is 0 Å². The van der Waals surface area contributed by atoms with Gasteiger partial charge in [-0.05, 0) is 43.4 Å². The van der Waals surface area contributed by atoms with E-state index in [0.29, 0.717) is 19.4 Å². The zero-order chi connectivity index (χ0) is 17.4. The smallest absolute Gasteiger partial charge is 0.313 e. The predicted octanol–water partition coefficient (Wildman–Crippen LogP) is 2.82. The molecule has 1 saturated carbocycles. The fraction of sp³-hybridized carbons (Fsp3) is 0.556. The van der Waals surface area contributed by atoms with Crippen LogP contribution in [0.4, 0.5) is 0 Å². The first-order valence-electron chi connectivity index (χ1n) is 8.21. The number of carbonyl (C=O) groups is 2. The average molecular weight is 396 g/mol. The van der Waals surface area contributed by atoms with E-state index in [4.69, 9.17) is 4.74 Å². The van der Waals surface area contributed by atoms with Crippen LogP contribution in [0.25, 0.3) is 0 Å². The summed E-state index contributed by atoms with van der Waals surface area (Å²) < 4.78 is 6.11. The van der Waals surface area contributed by atoms with Gasteiger partial charge in [0.05, 0.1) is 12.0 Å². The number of amides is 1. The molecule has 2 aliphatic rings. The summed E-state index contributed by atoms with van der Waals surface area (Å²) in [5.41, 5.74) is -0.450. The molecule has 6 heteroatoms. The van der Waals surface area contributed by atoms with Crippen molar-refractivity contribution < 1.29 is 19.4 Å². The summed E-state index contributed by atoms with van der Waals surface area (Å²) >= 11 is 3.47. The van der Waals surface area contributed by atoms with Crippen molar-refractivity contribution in [3.05, 3.63) is 34.3 Å². The van der Waals surface area contributed by atoms with E-state index >= 15 is 0 Å². The van der Waals surface area contributed by atoms with E-state index in [0.717, 1.165) is 22.9 Å². The normalized spacial score (nSPS) is 25.3. The molecule has 1 aromatic rings. The fourth-order valence-electron chi connectivity index (χ4n) is 3.78. The third kappa shape index (κ3) is 2.97. The third-order valence-corrected chi connectivity index (χ3v) is 5.77. The number of benzene rings is 1. The van der Waals surface area contributed by atoms with E-state index < -0.39 is 16.8 Å². The van der Waals surface area contributed by atoms with Crippen LogP contribution < -0.4 is 0 Å². The lowest BCUT2D eigenvalue weighted by Gasteiger charge is -2.40. The van der Waals surface area contributed by atoms with Crippen LogP contribution in [0.1, 0.15) is 31.2 Å². The van der Waals surface area contributed by atoms with Crippen LogP contribution >= 0.6 is 15.9 Å². The molecule has 1 amide bonds. The Hall–Kier alpha value is -1.40. The molecular formula is C18H22BrNO4. The first kappa shape index (κ1) is 17.4. The number of carboxylic acid groups (broad SMARTS) is 1. The Balaban J connectivity index is 1.83. The van der Waals surface area contributed by atoms with E-state index in [9.17, 15) is 14.7 Å². The highest BCUT2D eigenvalue weighted by Gasteiger charge is 2.55. The van der Waals surface area contributed by atoms with Gasteiger partial charge in [0.15, 0.2) is 0 Å². The summed E-state index contributed by atoms with van der Waals surface area (Å²) in [5, 5.41) is 9.67. The molecule has 1 atom stereocenters. The van der Waals surface area contributed by atoms with Crippen molar-refractivity contribution in [1.29, 1.82) is 0 Å². The van der Waals surface area contributed by atoms with Crippen molar-refractivity contribution in [2.75, 3.05) is 26.8 Å². The second kappa shape index (κ2) is 6.48. The van der Waals surface area contributed by atoms with E-state index in [1.165, 1.54) is 7.11 Å². The lowest BCUT2D eigenvalue weighted by molar-refractivity contribution is -0.159. The summed E-state index contributed by atoms with van der Waals surface area (Å²) in [6.07, 6.45) is 2.88. The molecule has 1 aliphatic carbocycles. The number of hydrogen-bond donors (Lipinski definition) is 1. The Morgan fingerprint density at radius 3 is 2.67 bits per heavy atom. The van der Waals surface area contributed by atoms with Crippen LogP contribution in [-0.2, 0) is 19.7 Å². The molecule has 24 heavy (non-hydrogen) atoms. The Bertz CT molecular complexity index is 654. The van der Waals surface area contributed by atoms with E-state index in [-0.39, 0.29) is 19.1 Å². The molecule has 1 aliphatic heterocycles. The van der Waals surface area contributed by atoms with Crippen LogP contribution in [0.15, 0.2) is 28.7 Å². The monoisotopic (exact) mass is 395 g/mol. The van der Waals surface area contributed by atoms with Gasteiger partial charge in [-0.25, -0.2) is 0 Å². The molecule has 1 aromatic carbocycles. The molecule has 0 spiro atoms. The first-order valence-corrected chi connectivity index (χ1v) is 9.01. The van der Waals surface area contributed by atoms with Crippen molar-refractivity contribution in [1.82, 2.24) is 4.90 Å². The van der Waals surface area contributed by atoms with Crippen LogP contribution in [0, 0.1) is 5.41 Å². The summed E-state index contributed by atoms with van der Waals surface area (Å²) in [7, 11) is 1.51. The first-order chi connectivity index (χ1) is 11.4. The van der Waals surface area contributed by atoms with Gasteiger partial charge in [-0.15, -0.1) is 0 Å². The van der Waals surface area contributed by atoms with Crippen molar-refractivity contribution in [2.24, 2.45) is 5.41 Å². The lowest BCUT2D eigenvalue weighted by atomic mass is 9.79. The Labute approximate surface area is 150 Å². The fourth-order valence-corrected chi connectivity index (χ4v) is 4.17.